The Morgan fingerprint density at radius 1 is 1.45 bits per heavy atom. The number of nitrogens with one attached hydrogen (secondary N) is 1. The van der Waals surface area contributed by atoms with Crippen LogP contribution in [0.25, 0.3) is 0 Å². The number of ether oxygens (including phenoxy) is 1. The molecule has 0 aliphatic carbocycles. The third kappa shape index (κ3) is 4.52. The van der Waals surface area contributed by atoms with Crippen molar-refractivity contribution in [3.05, 3.63) is 23.8 Å². The van der Waals surface area contributed by atoms with E-state index in [0.717, 1.165) is 0 Å². The third-order valence-electron chi connectivity index (χ3n) is 2.53. The molecule has 0 saturated carbocycles. The third-order valence-corrected chi connectivity index (χ3v) is 2.53. The van der Waals surface area contributed by atoms with E-state index in [9.17, 15) is 14.7 Å². The highest BCUT2D eigenvalue weighted by molar-refractivity contribution is 5.96. The predicted molar refractivity (Wildman–Crippen MR) is 72.4 cm³/mol. The SMILES string of the molecule is CCOc1ccc(NC(=O)C(N)CC(=O)O)cc1CO. The first-order valence-electron chi connectivity index (χ1n) is 6.12. The van der Waals surface area contributed by atoms with Gasteiger partial charge in [0, 0.05) is 11.3 Å². The molecule has 1 unspecified atom stereocenters. The molecule has 110 valence electrons. The average molecular weight is 282 g/mol. The predicted octanol–water partition coefficient (Wildman–Crippen LogP) is 0.318. The van der Waals surface area contributed by atoms with Crippen LogP contribution in [0.1, 0.15) is 18.9 Å². The fourth-order valence-corrected chi connectivity index (χ4v) is 1.59. The molecule has 0 aliphatic rings. The highest BCUT2D eigenvalue weighted by Gasteiger charge is 2.17. The lowest BCUT2D eigenvalue weighted by Gasteiger charge is -2.13. The largest absolute Gasteiger partial charge is 0.494 e. The Bertz CT molecular complexity index is 490. The topological polar surface area (TPSA) is 122 Å². The Labute approximate surface area is 116 Å². The Morgan fingerprint density at radius 3 is 2.70 bits per heavy atom. The van der Waals surface area contributed by atoms with Crippen molar-refractivity contribution in [3.8, 4) is 5.75 Å². The number of carbonyl (C=O) groups excluding carboxylic acids is 1. The van der Waals surface area contributed by atoms with E-state index in [1.807, 2.05) is 6.92 Å². The van der Waals surface area contributed by atoms with Crippen molar-refractivity contribution in [1.29, 1.82) is 0 Å². The van der Waals surface area contributed by atoms with Crippen molar-refractivity contribution < 1.29 is 24.5 Å². The molecule has 0 saturated heterocycles. The molecule has 1 aromatic carbocycles. The van der Waals surface area contributed by atoms with E-state index in [-0.39, 0.29) is 6.61 Å². The molecule has 0 radical (unpaired) electrons. The number of aliphatic hydroxyl groups excluding tert-OH is 1. The number of hydrogen-bond acceptors (Lipinski definition) is 5. The number of hydrogen-bond donors (Lipinski definition) is 4. The minimum absolute atomic E-state index is 0.236. The normalized spacial score (nSPS) is 11.8. The molecule has 0 aliphatic heterocycles. The molecule has 7 nitrogen and oxygen atoms in total. The van der Waals surface area contributed by atoms with Gasteiger partial charge in [-0.25, -0.2) is 0 Å². The molecule has 1 atom stereocenters. The lowest BCUT2D eigenvalue weighted by molar-refractivity contribution is -0.138. The van der Waals surface area contributed by atoms with Gasteiger partial charge >= 0.3 is 5.97 Å². The highest BCUT2D eigenvalue weighted by atomic mass is 16.5. The lowest BCUT2D eigenvalue weighted by Crippen LogP contribution is -2.37. The monoisotopic (exact) mass is 282 g/mol. The maximum atomic E-state index is 11.7. The molecule has 0 spiro atoms. The van der Waals surface area contributed by atoms with Crippen LogP contribution in [0.15, 0.2) is 18.2 Å². The van der Waals surface area contributed by atoms with Crippen LogP contribution in [0.4, 0.5) is 5.69 Å². The van der Waals surface area contributed by atoms with Crippen LogP contribution in [0.2, 0.25) is 0 Å². The minimum atomic E-state index is -1.14. The zero-order chi connectivity index (χ0) is 15.1. The van der Waals surface area contributed by atoms with Gasteiger partial charge in [0.15, 0.2) is 0 Å². The minimum Gasteiger partial charge on any atom is -0.494 e. The molecule has 1 amide bonds. The van der Waals surface area contributed by atoms with Gasteiger partial charge < -0.3 is 26.0 Å². The second-order valence-corrected chi connectivity index (χ2v) is 4.11. The van der Waals surface area contributed by atoms with E-state index in [2.05, 4.69) is 5.32 Å². The van der Waals surface area contributed by atoms with E-state index < -0.39 is 24.3 Å². The van der Waals surface area contributed by atoms with Crippen LogP contribution < -0.4 is 15.8 Å². The molecular formula is C13H18N2O5. The van der Waals surface area contributed by atoms with Crippen LogP contribution in [0, 0.1) is 0 Å². The van der Waals surface area contributed by atoms with Crippen LogP contribution in [0.3, 0.4) is 0 Å². The maximum Gasteiger partial charge on any atom is 0.305 e. The fourth-order valence-electron chi connectivity index (χ4n) is 1.59. The van der Waals surface area contributed by atoms with Gasteiger partial charge in [-0.3, -0.25) is 9.59 Å². The molecule has 20 heavy (non-hydrogen) atoms. The van der Waals surface area contributed by atoms with Crippen molar-refractivity contribution in [2.24, 2.45) is 5.73 Å². The molecule has 0 fully saturated rings. The fraction of sp³-hybridized carbons (Fsp3) is 0.385. The van der Waals surface area contributed by atoms with E-state index in [0.29, 0.717) is 23.6 Å². The van der Waals surface area contributed by atoms with Crippen molar-refractivity contribution in [2.75, 3.05) is 11.9 Å². The summed E-state index contributed by atoms with van der Waals surface area (Å²) in [6.45, 7) is 2.05. The van der Waals surface area contributed by atoms with Gasteiger partial charge in [0.2, 0.25) is 5.91 Å². The van der Waals surface area contributed by atoms with Crippen molar-refractivity contribution >= 4 is 17.6 Å². The van der Waals surface area contributed by atoms with Gasteiger partial charge in [0.05, 0.1) is 25.7 Å². The average Bonchev–Trinajstić information content (AvgIpc) is 2.39. The molecular weight excluding hydrogens is 264 g/mol. The van der Waals surface area contributed by atoms with Gasteiger partial charge in [0.25, 0.3) is 0 Å². The van der Waals surface area contributed by atoms with Crippen LogP contribution in [-0.2, 0) is 16.2 Å². The number of carbonyl (C=O) groups is 2. The molecule has 7 heteroatoms. The summed E-state index contributed by atoms with van der Waals surface area (Å²) in [5.41, 5.74) is 6.39. The Morgan fingerprint density at radius 2 is 2.15 bits per heavy atom. The van der Waals surface area contributed by atoms with Gasteiger partial charge in [-0.2, -0.15) is 0 Å². The molecule has 0 heterocycles. The zero-order valence-electron chi connectivity index (χ0n) is 11.1. The van der Waals surface area contributed by atoms with Gasteiger partial charge in [-0.05, 0) is 25.1 Å². The standard InChI is InChI=1S/C13H18N2O5/c1-2-20-11-4-3-9(5-8(11)7-16)15-13(19)10(14)6-12(17)18/h3-5,10,16H,2,6-7,14H2,1H3,(H,15,19)(H,17,18). The smallest absolute Gasteiger partial charge is 0.305 e. The Hall–Kier alpha value is -2.12. The number of nitrogens with two attached hydrogens (primary N) is 1. The molecule has 5 N–H and O–H groups in total. The second kappa shape index (κ2) is 7.46. The summed E-state index contributed by atoms with van der Waals surface area (Å²) < 4.78 is 5.31. The van der Waals surface area contributed by atoms with Gasteiger partial charge in [0.1, 0.15) is 5.75 Å². The molecule has 0 aromatic heterocycles. The summed E-state index contributed by atoms with van der Waals surface area (Å²) >= 11 is 0. The highest BCUT2D eigenvalue weighted by Crippen LogP contribution is 2.23. The number of amides is 1. The van der Waals surface area contributed by atoms with E-state index in [1.165, 1.54) is 0 Å². The number of carboxylic acid groups (broad SMARTS) is 1. The Kier molecular flexibility index (Phi) is 5.95. The number of aliphatic carboxylic acids is 1. The number of carboxylic acids is 1. The van der Waals surface area contributed by atoms with Crippen molar-refractivity contribution in [3.63, 3.8) is 0 Å². The summed E-state index contributed by atoms with van der Waals surface area (Å²) in [6, 6.07) is 3.64. The first-order chi connectivity index (χ1) is 9.47. The summed E-state index contributed by atoms with van der Waals surface area (Å²) in [5, 5.41) is 20.3. The van der Waals surface area contributed by atoms with Crippen LogP contribution >= 0.6 is 0 Å². The number of rotatable bonds is 7. The van der Waals surface area contributed by atoms with E-state index in [4.69, 9.17) is 15.6 Å². The van der Waals surface area contributed by atoms with Gasteiger partial charge in [-0.15, -0.1) is 0 Å². The quantitative estimate of drug-likeness (QED) is 0.571. The van der Waals surface area contributed by atoms with Crippen LogP contribution in [-0.4, -0.2) is 34.7 Å². The number of aliphatic hydroxyl groups is 1. The summed E-state index contributed by atoms with van der Waals surface area (Å²) in [5.74, 6) is -1.21. The van der Waals surface area contributed by atoms with Gasteiger partial charge in [-0.1, -0.05) is 0 Å². The summed E-state index contributed by atoms with van der Waals surface area (Å²) in [6.07, 6.45) is -0.449. The first kappa shape index (κ1) is 15.9. The molecule has 0 bridgehead atoms. The first-order valence-corrected chi connectivity index (χ1v) is 6.12. The van der Waals surface area contributed by atoms with Crippen molar-refractivity contribution in [2.45, 2.75) is 26.0 Å². The number of anilines is 1. The number of benzene rings is 1. The van der Waals surface area contributed by atoms with E-state index in [1.54, 1.807) is 18.2 Å². The lowest BCUT2D eigenvalue weighted by atomic mass is 10.1. The summed E-state index contributed by atoms with van der Waals surface area (Å²) in [7, 11) is 0. The Balaban J connectivity index is 2.77. The van der Waals surface area contributed by atoms with E-state index >= 15 is 0 Å². The zero-order valence-corrected chi connectivity index (χ0v) is 11.1. The van der Waals surface area contributed by atoms with Crippen molar-refractivity contribution in [1.82, 2.24) is 0 Å². The molecule has 1 aromatic rings. The second-order valence-electron chi connectivity index (χ2n) is 4.11. The summed E-state index contributed by atoms with van der Waals surface area (Å²) in [4.78, 5) is 22.1. The maximum absolute atomic E-state index is 11.7. The molecule has 1 rings (SSSR count). The van der Waals surface area contributed by atoms with Crippen LogP contribution in [0.5, 0.6) is 5.75 Å².